The zero-order chi connectivity index (χ0) is 9.90. The molecule has 0 aromatic carbocycles. The van der Waals surface area contributed by atoms with E-state index >= 15 is 0 Å². The van der Waals surface area contributed by atoms with E-state index in [1.807, 2.05) is 0 Å². The minimum absolute atomic E-state index is 0.199. The minimum Gasteiger partial charge on any atom is -0.501 e. The second-order valence-electron chi connectivity index (χ2n) is 3.57. The van der Waals surface area contributed by atoms with Gasteiger partial charge in [-0.05, 0) is 26.2 Å². The molecular formula is C10H16O3. The molecule has 0 amide bonds. The first-order chi connectivity index (χ1) is 6.08. The lowest BCUT2D eigenvalue weighted by atomic mass is 9.90. The van der Waals surface area contributed by atoms with Crippen LogP contribution in [-0.2, 0) is 9.53 Å². The van der Waals surface area contributed by atoms with Gasteiger partial charge in [0.1, 0.15) is 5.60 Å². The molecule has 3 nitrogen and oxygen atoms in total. The van der Waals surface area contributed by atoms with Gasteiger partial charge in [-0.1, -0.05) is 6.92 Å². The Bertz CT molecular complexity index is 228. The van der Waals surface area contributed by atoms with Gasteiger partial charge in [0.05, 0.1) is 12.9 Å². The molecule has 0 aliphatic carbocycles. The molecule has 0 fully saturated rings. The molecule has 0 saturated heterocycles. The lowest BCUT2D eigenvalue weighted by Crippen LogP contribution is -2.36. The number of hydrogen-bond donors (Lipinski definition) is 1. The molecule has 74 valence electrons. The average molecular weight is 184 g/mol. The van der Waals surface area contributed by atoms with Crippen molar-refractivity contribution >= 4 is 5.78 Å². The number of ether oxygens (including phenoxy) is 1. The van der Waals surface area contributed by atoms with Gasteiger partial charge >= 0.3 is 0 Å². The van der Waals surface area contributed by atoms with E-state index < -0.39 is 5.60 Å². The summed E-state index contributed by atoms with van der Waals surface area (Å²) in [6.45, 7) is 4.01. The Morgan fingerprint density at radius 3 is 2.92 bits per heavy atom. The molecule has 13 heavy (non-hydrogen) atoms. The van der Waals surface area contributed by atoms with Gasteiger partial charge in [-0.15, -0.1) is 0 Å². The number of carbonyl (C=O) groups is 1. The van der Waals surface area contributed by atoms with Crippen LogP contribution in [-0.4, -0.2) is 23.1 Å². The van der Waals surface area contributed by atoms with Gasteiger partial charge in [0, 0.05) is 5.57 Å². The van der Waals surface area contributed by atoms with E-state index in [-0.39, 0.29) is 5.78 Å². The lowest BCUT2D eigenvalue weighted by Gasteiger charge is -2.22. The van der Waals surface area contributed by atoms with Crippen LogP contribution in [0.25, 0.3) is 0 Å². The van der Waals surface area contributed by atoms with Crippen LogP contribution in [0, 0.1) is 0 Å². The SMILES string of the molecule is CCC(C)(O)C(=O)C1=COCCC1. The van der Waals surface area contributed by atoms with Gasteiger partial charge in [0.15, 0.2) is 5.78 Å². The summed E-state index contributed by atoms with van der Waals surface area (Å²) < 4.78 is 5.05. The van der Waals surface area contributed by atoms with Gasteiger partial charge in [-0.2, -0.15) is 0 Å². The quantitative estimate of drug-likeness (QED) is 0.721. The fourth-order valence-electron chi connectivity index (χ4n) is 1.24. The van der Waals surface area contributed by atoms with Crippen molar-refractivity contribution in [2.75, 3.05) is 6.61 Å². The Morgan fingerprint density at radius 2 is 2.46 bits per heavy atom. The summed E-state index contributed by atoms with van der Waals surface area (Å²) in [5.41, 5.74) is -0.620. The van der Waals surface area contributed by atoms with Crippen molar-refractivity contribution in [1.29, 1.82) is 0 Å². The molecule has 0 aromatic heterocycles. The number of Topliss-reactive ketones (excluding diaryl/α,β-unsaturated/α-hetero) is 1. The van der Waals surface area contributed by atoms with Crippen LogP contribution in [0.1, 0.15) is 33.1 Å². The predicted octanol–water partition coefficient (Wildman–Crippen LogP) is 1.41. The highest BCUT2D eigenvalue weighted by atomic mass is 16.5. The summed E-state index contributed by atoms with van der Waals surface area (Å²) in [5.74, 6) is -0.199. The van der Waals surface area contributed by atoms with E-state index in [4.69, 9.17) is 4.74 Å². The normalized spacial score (nSPS) is 21.3. The third-order valence-electron chi connectivity index (χ3n) is 2.40. The van der Waals surface area contributed by atoms with Gasteiger partial charge in [-0.25, -0.2) is 0 Å². The highest BCUT2D eigenvalue weighted by Crippen LogP contribution is 2.21. The number of rotatable bonds is 3. The molecule has 1 aliphatic heterocycles. The Labute approximate surface area is 78.4 Å². The van der Waals surface area contributed by atoms with Gasteiger partial charge in [-0.3, -0.25) is 4.79 Å². The van der Waals surface area contributed by atoms with Gasteiger partial charge in [0.2, 0.25) is 0 Å². The topological polar surface area (TPSA) is 46.5 Å². The molecule has 1 heterocycles. The highest BCUT2D eigenvalue weighted by molar-refractivity contribution is 6.01. The molecule has 1 unspecified atom stereocenters. The number of aliphatic hydroxyl groups is 1. The molecular weight excluding hydrogens is 168 g/mol. The minimum atomic E-state index is -1.23. The number of carbonyl (C=O) groups excluding carboxylic acids is 1. The smallest absolute Gasteiger partial charge is 0.193 e. The van der Waals surface area contributed by atoms with Crippen molar-refractivity contribution < 1.29 is 14.6 Å². The first-order valence-electron chi connectivity index (χ1n) is 4.65. The maximum Gasteiger partial charge on any atom is 0.193 e. The third kappa shape index (κ3) is 2.31. The van der Waals surface area contributed by atoms with Gasteiger partial charge in [0.25, 0.3) is 0 Å². The van der Waals surface area contributed by atoms with Crippen molar-refractivity contribution in [3.05, 3.63) is 11.8 Å². The molecule has 0 spiro atoms. The number of hydrogen-bond acceptors (Lipinski definition) is 3. The molecule has 3 heteroatoms. The molecule has 1 rings (SSSR count). The largest absolute Gasteiger partial charge is 0.501 e. The Hall–Kier alpha value is -0.830. The van der Waals surface area contributed by atoms with E-state index in [1.54, 1.807) is 13.8 Å². The van der Waals surface area contributed by atoms with Crippen LogP contribution in [0.4, 0.5) is 0 Å². The summed E-state index contributed by atoms with van der Waals surface area (Å²) in [7, 11) is 0. The van der Waals surface area contributed by atoms with Crippen molar-refractivity contribution in [3.8, 4) is 0 Å². The van der Waals surface area contributed by atoms with Crippen LogP contribution >= 0.6 is 0 Å². The molecule has 1 atom stereocenters. The first kappa shape index (κ1) is 10.3. The summed E-state index contributed by atoms with van der Waals surface area (Å²) in [6.07, 6.45) is 3.49. The molecule has 0 saturated carbocycles. The van der Waals surface area contributed by atoms with E-state index in [2.05, 4.69) is 0 Å². The van der Waals surface area contributed by atoms with Crippen molar-refractivity contribution in [1.82, 2.24) is 0 Å². The predicted molar refractivity (Wildman–Crippen MR) is 49.2 cm³/mol. The van der Waals surface area contributed by atoms with Crippen molar-refractivity contribution in [3.63, 3.8) is 0 Å². The molecule has 1 aliphatic rings. The lowest BCUT2D eigenvalue weighted by molar-refractivity contribution is -0.132. The Balaban J connectivity index is 2.71. The molecule has 1 N–H and O–H groups in total. The fraction of sp³-hybridized carbons (Fsp3) is 0.700. The zero-order valence-electron chi connectivity index (χ0n) is 8.17. The fourth-order valence-corrected chi connectivity index (χ4v) is 1.24. The Kier molecular flexibility index (Phi) is 3.09. The van der Waals surface area contributed by atoms with Crippen LogP contribution in [0.5, 0.6) is 0 Å². The van der Waals surface area contributed by atoms with Crippen molar-refractivity contribution in [2.45, 2.75) is 38.7 Å². The summed E-state index contributed by atoms with van der Waals surface area (Å²) in [4.78, 5) is 11.7. The summed E-state index contributed by atoms with van der Waals surface area (Å²) >= 11 is 0. The van der Waals surface area contributed by atoms with Crippen LogP contribution < -0.4 is 0 Å². The summed E-state index contributed by atoms with van der Waals surface area (Å²) in [6, 6.07) is 0. The molecule has 0 bridgehead atoms. The second-order valence-corrected chi connectivity index (χ2v) is 3.57. The Morgan fingerprint density at radius 1 is 1.77 bits per heavy atom. The highest BCUT2D eigenvalue weighted by Gasteiger charge is 2.31. The monoisotopic (exact) mass is 184 g/mol. The molecule has 0 radical (unpaired) electrons. The van der Waals surface area contributed by atoms with E-state index in [0.717, 1.165) is 12.8 Å². The van der Waals surface area contributed by atoms with Crippen LogP contribution in [0.2, 0.25) is 0 Å². The molecule has 0 aromatic rings. The van der Waals surface area contributed by atoms with E-state index in [9.17, 15) is 9.90 Å². The number of ketones is 1. The standard InChI is InChI=1S/C10H16O3/c1-3-10(2,12)9(11)8-5-4-6-13-7-8/h7,12H,3-6H2,1-2H3. The second kappa shape index (κ2) is 3.92. The first-order valence-corrected chi connectivity index (χ1v) is 4.65. The van der Waals surface area contributed by atoms with E-state index in [0.29, 0.717) is 18.6 Å². The van der Waals surface area contributed by atoms with E-state index in [1.165, 1.54) is 6.26 Å². The summed E-state index contributed by atoms with van der Waals surface area (Å²) in [5, 5.41) is 9.70. The maximum atomic E-state index is 11.7. The third-order valence-corrected chi connectivity index (χ3v) is 2.40. The van der Waals surface area contributed by atoms with Crippen LogP contribution in [0.15, 0.2) is 11.8 Å². The zero-order valence-corrected chi connectivity index (χ0v) is 8.17. The van der Waals surface area contributed by atoms with Gasteiger partial charge < -0.3 is 9.84 Å². The maximum absolute atomic E-state index is 11.7. The van der Waals surface area contributed by atoms with Crippen molar-refractivity contribution in [2.24, 2.45) is 0 Å². The average Bonchev–Trinajstić information content (AvgIpc) is 2.18. The van der Waals surface area contributed by atoms with Crippen LogP contribution in [0.3, 0.4) is 0 Å².